The Labute approximate surface area is 156 Å². The Kier molecular flexibility index (Phi) is 6.27. The van der Waals surface area contributed by atoms with Gasteiger partial charge in [-0.3, -0.25) is 4.79 Å². The van der Waals surface area contributed by atoms with Crippen LogP contribution in [0.15, 0.2) is 30.5 Å². The van der Waals surface area contributed by atoms with Crippen LogP contribution in [0.3, 0.4) is 0 Å². The maximum atomic E-state index is 12.3. The highest BCUT2D eigenvalue weighted by molar-refractivity contribution is 5.85. The van der Waals surface area contributed by atoms with Crippen LogP contribution in [0.5, 0.6) is 11.5 Å². The number of methoxy groups -OCH3 is 1. The van der Waals surface area contributed by atoms with Gasteiger partial charge in [-0.1, -0.05) is 12.6 Å². The van der Waals surface area contributed by atoms with Gasteiger partial charge < -0.3 is 30.0 Å². The van der Waals surface area contributed by atoms with Gasteiger partial charge in [0.2, 0.25) is 0 Å². The zero-order chi connectivity index (χ0) is 20.1. The first-order valence-corrected chi connectivity index (χ1v) is 8.28. The average Bonchev–Trinajstić information content (AvgIpc) is 2.61. The molecule has 9 heteroatoms. The minimum absolute atomic E-state index is 0.187. The molecule has 9 nitrogen and oxygen atoms in total. The Hall–Kier alpha value is -3.23. The van der Waals surface area contributed by atoms with Gasteiger partial charge in [0.05, 0.1) is 19.8 Å². The number of benzene rings is 1. The summed E-state index contributed by atoms with van der Waals surface area (Å²) < 4.78 is 15.7. The van der Waals surface area contributed by atoms with Gasteiger partial charge in [-0.25, -0.2) is 9.59 Å². The number of hydrogen-bond acceptors (Lipinski definition) is 6. The molecule has 27 heavy (non-hydrogen) atoms. The number of carbonyl (C=O) groups excluding carboxylic acids is 2. The van der Waals surface area contributed by atoms with Crippen molar-refractivity contribution in [1.29, 1.82) is 0 Å². The van der Waals surface area contributed by atoms with Gasteiger partial charge >= 0.3 is 18.0 Å². The molecule has 0 saturated carbocycles. The summed E-state index contributed by atoms with van der Waals surface area (Å²) in [6, 6.07) is 3.48. The van der Waals surface area contributed by atoms with E-state index in [1.165, 1.54) is 20.1 Å². The Morgan fingerprint density at radius 2 is 2.04 bits per heavy atom. The van der Waals surface area contributed by atoms with Crippen LogP contribution < -0.4 is 20.1 Å². The van der Waals surface area contributed by atoms with E-state index >= 15 is 0 Å². The fourth-order valence-electron chi connectivity index (χ4n) is 2.69. The summed E-state index contributed by atoms with van der Waals surface area (Å²) in [4.78, 5) is 35.2. The largest absolute Gasteiger partial charge is 0.493 e. The van der Waals surface area contributed by atoms with Crippen molar-refractivity contribution in [2.75, 3.05) is 13.7 Å². The number of ether oxygens (including phenoxy) is 3. The number of esters is 1. The molecule has 1 aliphatic heterocycles. The standard InChI is InChI=1S/C18H22N2O7/c1-5-26-17(23)14-9(2)19-18(24)20-15(14)11-6-7-12(13(8-11)25-4)27-10(3)16(21)22/h6-8,10,14-15H,2,5H2,1,3-4H3,(H,21,22)(H2,19,20,24)/t10-,14+,15+/m1/s1. The van der Waals surface area contributed by atoms with Gasteiger partial charge in [0.1, 0.15) is 5.92 Å². The Bertz CT molecular complexity index is 762. The second kappa shape index (κ2) is 8.43. The Balaban J connectivity index is 2.38. The number of urea groups is 1. The molecule has 1 saturated heterocycles. The number of hydrogen-bond donors (Lipinski definition) is 3. The number of carbonyl (C=O) groups is 3. The van der Waals surface area contributed by atoms with Crippen molar-refractivity contribution in [2.24, 2.45) is 5.92 Å². The highest BCUT2D eigenvalue weighted by Gasteiger charge is 2.39. The molecule has 1 aromatic rings. The molecule has 0 aromatic heterocycles. The Morgan fingerprint density at radius 3 is 2.63 bits per heavy atom. The SMILES string of the molecule is C=C1NC(=O)N[C@@H](c2ccc(O[C@H](C)C(=O)O)c(OC)c2)[C@H]1C(=O)OCC. The molecule has 1 aliphatic rings. The highest BCUT2D eigenvalue weighted by atomic mass is 16.5. The third-order valence-electron chi connectivity index (χ3n) is 4.01. The van der Waals surface area contributed by atoms with Crippen LogP contribution in [-0.4, -0.2) is 42.9 Å². The molecule has 2 amide bonds. The molecule has 0 radical (unpaired) electrons. The fraction of sp³-hybridized carbons (Fsp3) is 0.389. The second-order valence-electron chi connectivity index (χ2n) is 5.84. The van der Waals surface area contributed by atoms with Crippen LogP contribution in [0.1, 0.15) is 25.5 Å². The number of amides is 2. The lowest BCUT2D eigenvalue weighted by atomic mass is 9.89. The van der Waals surface area contributed by atoms with Crippen molar-refractivity contribution < 1.29 is 33.7 Å². The number of carboxylic acid groups (broad SMARTS) is 1. The first-order valence-electron chi connectivity index (χ1n) is 8.28. The molecule has 146 valence electrons. The van der Waals surface area contributed by atoms with E-state index in [0.29, 0.717) is 5.56 Å². The molecule has 0 aliphatic carbocycles. The number of aliphatic carboxylic acids is 1. The van der Waals surface area contributed by atoms with Gasteiger partial charge in [0.25, 0.3) is 0 Å². The van der Waals surface area contributed by atoms with Crippen molar-refractivity contribution in [2.45, 2.75) is 26.0 Å². The van der Waals surface area contributed by atoms with Gasteiger partial charge in [-0.15, -0.1) is 0 Å². The maximum absolute atomic E-state index is 12.3. The van der Waals surface area contributed by atoms with Gasteiger partial charge in [-0.05, 0) is 31.5 Å². The van der Waals surface area contributed by atoms with Crippen molar-refractivity contribution in [3.05, 3.63) is 36.0 Å². The lowest BCUT2D eigenvalue weighted by Gasteiger charge is -2.33. The fourth-order valence-corrected chi connectivity index (χ4v) is 2.69. The number of rotatable bonds is 7. The molecule has 2 rings (SSSR count). The van der Waals surface area contributed by atoms with Gasteiger partial charge in [0, 0.05) is 5.70 Å². The van der Waals surface area contributed by atoms with Crippen molar-refractivity contribution in [3.8, 4) is 11.5 Å². The summed E-state index contributed by atoms with van der Waals surface area (Å²) in [5, 5.41) is 14.1. The van der Waals surface area contributed by atoms with E-state index in [1.807, 2.05) is 0 Å². The third-order valence-corrected chi connectivity index (χ3v) is 4.01. The van der Waals surface area contributed by atoms with Gasteiger partial charge in [0.15, 0.2) is 17.6 Å². The normalized spacial score (nSPS) is 20.1. The summed E-state index contributed by atoms with van der Waals surface area (Å²) in [6.07, 6.45) is -1.07. The minimum Gasteiger partial charge on any atom is -0.493 e. The predicted octanol–water partition coefficient (Wildman–Crippen LogP) is 1.59. The first kappa shape index (κ1) is 20.1. The molecular formula is C18H22N2O7. The smallest absolute Gasteiger partial charge is 0.344 e. The molecule has 1 heterocycles. The topological polar surface area (TPSA) is 123 Å². The van der Waals surface area contributed by atoms with Crippen LogP contribution in [0.2, 0.25) is 0 Å². The molecule has 3 atom stereocenters. The van der Waals surface area contributed by atoms with E-state index in [4.69, 9.17) is 19.3 Å². The summed E-state index contributed by atoms with van der Waals surface area (Å²) in [5.74, 6) is -1.99. The molecule has 1 fully saturated rings. The lowest BCUT2D eigenvalue weighted by molar-refractivity contribution is -0.148. The highest BCUT2D eigenvalue weighted by Crippen LogP contribution is 2.36. The van der Waals surface area contributed by atoms with E-state index in [9.17, 15) is 14.4 Å². The molecule has 0 bridgehead atoms. The zero-order valence-corrected chi connectivity index (χ0v) is 15.3. The molecular weight excluding hydrogens is 356 g/mol. The van der Waals surface area contributed by atoms with Crippen molar-refractivity contribution >= 4 is 18.0 Å². The molecule has 3 N–H and O–H groups in total. The van der Waals surface area contributed by atoms with Crippen LogP contribution in [0.25, 0.3) is 0 Å². The van der Waals surface area contributed by atoms with E-state index < -0.39 is 36.0 Å². The summed E-state index contributed by atoms with van der Waals surface area (Å²) in [6.45, 7) is 7.01. The molecule has 0 spiro atoms. The average molecular weight is 378 g/mol. The van der Waals surface area contributed by atoms with Crippen LogP contribution in [0, 0.1) is 5.92 Å². The maximum Gasteiger partial charge on any atom is 0.344 e. The quantitative estimate of drug-likeness (QED) is 0.616. The summed E-state index contributed by atoms with van der Waals surface area (Å²) in [7, 11) is 1.40. The van der Waals surface area contributed by atoms with Gasteiger partial charge in [-0.2, -0.15) is 0 Å². The predicted molar refractivity (Wildman–Crippen MR) is 94.4 cm³/mol. The van der Waals surface area contributed by atoms with Crippen LogP contribution in [0.4, 0.5) is 4.79 Å². The zero-order valence-electron chi connectivity index (χ0n) is 15.3. The Morgan fingerprint density at radius 1 is 1.33 bits per heavy atom. The van der Waals surface area contributed by atoms with Crippen LogP contribution >= 0.6 is 0 Å². The monoisotopic (exact) mass is 378 g/mol. The van der Waals surface area contributed by atoms with E-state index in [-0.39, 0.29) is 23.8 Å². The van der Waals surface area contributed by atoms with Crippen molar-refractivity contribution in [3.63, 3.8) is 0 Å². The molecule has 1 aromatic carbocycles. The van der Waals surface area contributed by atoms with E-state index in [2.05, 4.69) is 17.2 Å². The van der Waals surface area contributed by atoms with Crippen molar-refractivity contribution in [1.82, 2.24) is 10.6 Å². The van der Waals surface area contributed by atoms with E-state index in [1.54, 1.807) is 19.1 Å². The van der Waals surface area contributed by atoms with E-state index in [0.717, 1.165) is 0 Å². The second-order valence-corrected chi connectivity index (χ2v) is 5.84. The molecule has 0 unspecified atom stereocenters. The minimum atomic E-state index is -1.12. The number of nitrogens with one attached hydrogen (secondary N) is 2. The summed E-state index contributed by atoms with van der Waals surface area (Å²) in [5.41, 5.74) is 0.775. The lowest BCUT2D eigenvalue weighted by Crippen LogP contribution is -2.51. The first-order chi connectivity index (χ1) is 12.8. The summed E-state index contributed by atoms with van der Waals surface area (Å²) >= 11 is 0. The third kappa shape index (κ3) is 4.49. The number of carboxylic acids is 1. The van der Waals surface area contributed by atoms with Crippen LogP contribution in [-0.2, 0) is 14.3 Å².